The average molecular weight is 438 g/mol. The van der Waals surface area contributed by atoms with Crippen LogP contribution in [0.4, 0.5) is 10.1 Å². The molecule has 1 aliphatic carbocycles. The van der Waals surface area contributed by atoms with Crippen LogP contribution in [0.5, 0.6) is 11.5 Å². The molecule has 0 atom stereocenters. The zero-order chi connectivity index (χ0) is 22.6. The fourth-order valence-electron chi connectivity index (χ4n) is 4.49. The molecule has 1 N–H and O–H groups in total. The lowest BCUT2D eigenvalue weighted by atomic mass is 9.78. The summed E-state index contributed by atoms with van der Waals surface area (Å²) in [7, 11) is 3.23. The third-order valence-corrected chi connectivity index (χ3v) is 6.24. The van der Waals surface area contributed by atoms with Crippen LogP contribution in [0.3, 0.4) is 0 Å². The van der Waals surface area contributed by atoms with Crippen LogP contribution in [0, 0.1) is 5.82 Å². The van der Waals surface area contributed by atoms with E-state index in [1.165, 1.54) is 12.1 Å². The predicted molar refractivity (Wildman–Crippen MR) is 121 cm³/mol. The van der Waals surface area contributed by atoms with E-state index in [-0.39, 0.29) is 11.7 Å². The number of hydrogen-bond donors (Lipinski definition) is 1. The van der Waals surface area contributed by atoms with Crippen molar-refractivity contribution in [1.29, 1.82) is 0 Å². The molecule has 0 spiro atoms. The molecule has 0 aliphatic heterocycles. The van der Waals surface area contributed by atoms with E-state index in [9.17, 15) is 9.18 Å². The second kappa shape index (κ2) is 9.42. The summed E-state index contributed by atoms with van der Waals surface area (Å²) in [4.78, 5) is 13.3. The van der Waals surface area contributed by atoms with Crippen LogP contribution in [0.1, 0.15) is 36.8 Å². The van der Waals surface area contributed by atoms with Crippen LogP contribution in [0.25, 0.3) is 0 Å². The Morgan fingerprint density at radius 1 is 1.12 bits per heavy atom. The molecule has 4 rings (SSSR count). The molecule has 1 aromatic heterocycles. The van der Waals surface area contributed by atoms with Gasteiger partial charge >= 0.3 is 0 Å². The van der Waals surface area contributed by atoms with E-state index in [0.717, 1.165) is 43.2 Å². The van der Waals surface area contributed by atoms with Gasteiger partial charge in [-0.15, -0.1) is 0 Å². The normalized spacial score (nSPS) is 14.8. The fraction of sp³-hybridized carbons (Fsp3) is 0.360. The van der Waals surface area contributed by atoms with E-state index >= 15 is 0 Å². The van der Waals surface area contributed by atoms with E-state index in [2.05, 4.69) is 10.4 Å². The minimum Gasteiger partial charge on any atom is -0.493 e. The highest BCUT2D eigenvalue weighted by molar-refractivity contribution is 5.99. The van der Waals surface area contributed by atoms with Crippen LogP contribution in [-0.2, 0) is 23.2 Å². The van der Waals surface area contributed by atoms with Crippen molar-refractivity contribution in [3.63, 3.8) is 0 Å². The van der Waals surface area contributed by atoms with Crippen molar-refractivity contribution >= 4 is 11.6 Å². The SMILES string of the molecule is COc1ccc(CCn2cc(NC(=O)C3(c4cccc(F)c4)CCCC3)cn2)cc1OC. The van der Waals surface area contributed by atoms with Crippen molar-refractivity contribution in [1.82, 2.24) is 9.78 Å². The number of benzene rings is 2. The van der Waals surface area contributed by atoms with Crippen LogP contribution < -0.4 is 14.8 Å². The van der Waals surface area contributed by atoms with Gasteiger partial charge in [-0.2, -0.15) is 5.10 Å². The number of halogens is 1. The molecule has 7 heteroatoms. The second-order valence-corrected chi connectivity index (χ2v) is 8.19. The lowest BCUT2D eigenvalue weighted by Crippen LogP contribution is -2.38. The average Bonchev–Trinajstić information content (AvgIpc) is 3.48. The van der Waals surface area contributed by atoms with Gasteiger partial charge in [0.25, 0.3) is 0 Å². The van der Waals surface area contributed by atoms with Crippen molar-refractivity contribution in [2.24, 2.45) is 0 Å². The minimum absolute atomic E-state index is 0.0972. The number of carbonyl (C=O) groups excluding carboxylic acids is 1. The van der Waals surface area contributed by atoms with Crippen LogP contribution in [0.15, 0.2) is 54.9 Å². The number of amides is 1. The smallest absolute Gasteiger partial charge is 0.235 e. The van der Waals surface area contributed by atoms with Crippen molar-refractivity contribution in [2.45, 2.75) is 44.1 Å². The number of carbonyl (C=O) groups is 1. The van der Waals surface area contributed by atoms with Gasteiger partial charge in [-0.3, -0.25) is 9.48 Å². The summed E-state index contributed by atoms with van der Waals surface area (Å²) in [6.45, 7) is 0.653. The van der Waals surface area contributed by atoms with Gasteiger partial charge < -0.3 is 14.8 Å². The number of nitrogens with one attached hydrogen (secondary N) is 1. The highest BCUT2D eigenvalue weighted by atomic mass is 19.1. The van der Waals surface area contributed by atoms with Crippen molar-refractivity contribution in [3.05, 3.63) is 71.8 Å². The third kappa shape index (κ3) is 4.47. The van der Waals surface area contributed by atoms with Crippen LogP contribution >= 0.6 is 0 Å². The maximum absolute atomic E-state index is 13.8. The van der Waals surface area contributed by atoms with E-state index < -0.39 is 5.41 Å². The highest BCUT2D eigenvalue weighted by Crippen LogP contribution is 2.42. The topological polar surface area (TPSA) is 65.4 Å². The van der Waals surface area contributed by atoms with Crippen LogP contribution in [-0.4, -0.2) is 29.9 Å². The van der Waals surface area contributed by atoms with Gasteiger partial charge in [0.1, 0.15) is 5.82 Å². The Labute approximate surface area is 187 Å². The Bertz CT molecular complexity index is 1090. The second-order valence-electron chi connectivity index (χ2n) is 8.19. The molecule has 1 saturated carbocycles. The monoisotopic (exact) mass is 437 g/mol. The quantitative estimate of drug-likeness (QED) is 0.553. The number of ether oxygens (including phenoxy) is 2. The summed E-state index contributed by atoms with van der Waals surface area (Å²) in [5.41, 5.74) is 1.79. The maximum atomic E-state index is 13.8. The number of rotatable bonds is 8. The van der Waals surface area contributed by atoms with E-state index in [0.29, 0.717) is 23.7 Å². The zero-order valence-corrected chi connectivity index (χ0v) is 18.4. The molecule has 0 radical (unpaired) electrons. The number of hydrogen-bond acceptors (Lipinski definition) is 4. The molecule has 168 valence electrons. The number of nitrogens with zero attached hydrogens (tertiary/aromatic N) is 2. The summed E-state index contributed by atoms with van der Waals surface area (Å²) >= 11 is 0. The molecule has 2 aromatic carbocycles. The highest BCUT2D eigenvalue weighted by Gasteiger charge is 2.43. The first-order valence-corrected chi connectivity index (χ1v) is 10.8. The van der Waals surface area contributed by atoms with Crippen molar-refractivity contribution in [3.8, 4) is 11.5 Å². The van der Waals surface area contributed by atoms with Gasteiger partial charge in [-0.05, 0) is 54.7 Å². The molecule has 1 fully saturated rings. The molecular formula is C25H28FN3O3. The molecule has 32 heavy (non-hydrogen) atoms. The number of anilines is 1. The van der Waals surface area contributed by atoms with Gasteiger partial charge in [-0.1, -0.05) is 31.0 Å². The van der Waals surface area contributed by atoms with Crippen molar-refractivity contribution in [2.75, 3.05) is 19.5 Å². The summed E-state index contributed by atoms with van der Waals surface area (Å²) < 4.78 is 26.3. The molecule has 0 bridgehead atoms. The molecular weight excluding hydrogens is 409 g/mol. The zero-order valence-electron chi connectivity index (χ0n) is 18.4. The summed E-state index contributed by atoms with van der Waals surface area (Å²) in [5.74, 6) is 0.974. The molecule has 1 amide bonds. The first kappa shape index (κ1) is 21.9. The number of aromatic nitrogens is 2. The molecule has 0 saturated heterocycles. The Morgan fingerprint density at radius 2 is 1.91 bits per heavy atom. The molecule has 0 unspecified atom stereocenters. The first-order chi connectivity index (χ1) is 15.5. The first-order valence-electron chi connectivity index (χ1n) is 10.8. The Hall–Kier alpha value is -3.35. The summed E-state index contributed by atoms with van der Waals surface area (Å²) in [5, 5.41) is 7.40. The van der Waals surface area contributed by atoms with E-state index in [1.54, 1.807) is 31.2 Å². The van der Waals surface area contributed by atoms with Crippen molar-refractivity contribution < 1.29 is 18.7 Å². The van der Waals surface area contributed by atoms with Gasteiger partial charge in [0.15, 0.2) is 11.5 Å². The maximum Gasteiger partial charge on any atom is 0.235 e. The van der Waals surface area contributed by atoms with E-state index in [4.69, 9.17) is 9.47 Å². The molecule has 1 heterocycles. The van der Waals surface area contributed by atoms with Gasteiger partial charge in [0.05, 0.1) is 31.5 Å². The Balaban J connectivity index is 1.43. The lowest BCUT2D eigenvalue weighted by molar-refractivity contribution is -0.121. The molecule has 3 aromatic rings. The van der Waals surface area contributed by atoms with Gasteiger partial charge in [-0.25, -0.2) is 4.39 Å². The largest absolute Gasteiger partial charge is 0.493 e. The standard InChI is InChI=1S/C25H28FN3O3/c1-31-22-9-8-18(14-23(22)32-2)10-13-29-17-21(16-27-29)28-24(30)25(11-3-4-12-25)19-6-5-7-20(26)15-19/h5-9,14-17H,3-4,10-13H2,1-2H3,(H,28,30). The number of methoxy groups -OCH3 is 2. The number of aryl methyl sites for hydroxylation is 2. The lowest BCUT2D eigenvalue weighted by Gasteiger charge is -2.28. The predicted octanol–water partition coefficient (Wildman–Crippen LogP) is 4.73. The van der Waals surface area contributed by atoms with Crippen LogP contribution in [0.2, 0.25) is 0 Å². The fourth-order valence-corrected chi connectivity index (χ4v) is 4.49. The van der Waals surface area contributed by atoms with Gasteiger partial charge in [0, 0.05) is 12.7 Å². The summed E-state index contributed by atoms with van der Waals surface area (Å²) in [6, 6.07) is 12.2. The molecule has 1 aliphatic rings. The Kier molecular flexibility index (Phi) is 6.44. The Morgan fingerprint density at radius 3 is 2.62 bits per heavy atom. The summed E-state index contributed by atoms with van der Waals surface area (Å²) in [6.07, 6.45) is 7.57. The van der Waals surface area contributed by atoms with E-state index in [1.807, 2.05) is 30.5 Å². The third-order valence-electron chi connectivity index (χ3n) is 6.24. The van der Waals surface area contributed by atoms with Gasteiger partial charge in [0.2, 0.25) is 5.91 Å². The minimum atomic E-state index is -0.691. The molecule has 6 nitrogen and oxygen atoms in total.